The van der Waals surface area contributed by atoms with Crippen LogP contribution in [0.4, 0.5) is 18.9 Å². The van der Waals surface area contributed by atoms with Crippen molar-refractivity contribution in [3.05, 3.63) is 65.2 Å². The van der Waals surface area contributed by atoms with Gasteiger partial charge in [0.25, 0.3) is 5.91 Å². The standard InChI is InChI=1S/C25H28F3N3O3/c1-3-30(24(34)25(26,27)28)15-18-6-4-8-21(14-18)29-22(32)20-7-5-13-31(16-20)23(33)19-11-9-17(2)10-12-19/h4,6,8-12,14,20H,3,5,7,13,15-16H2,1-2H3,(H,29,32). The highest BCUT2D eigenvalue weighted by Crippen LogP contribution is 2.23. The van der Waals surface area contributed by atoms with Gasteiger partial charge in [-0.3, -0.25) is 14.4 Å². The first-order valence-electron chi connectivity index (χ1n) is 11.2. The smallest absolute Gasteiger partial charge is 0.338 e. The molecule has 9 heteroatoms. The number of amides is 3. The summed E-state index contributed by atoms with van der Waals surface area (Å²) >= 11 is 0. The van der Waals surface area contributed by atoms with E-state index in [-0.39, 0.29) is 24.9 Å². The fraction of sp³-hybridized carbons (Fsp3) is 0.400. The van der Waals surface area contributed by atoms with Crippen molar-refractivity contribution in [2.24, 2.45) is 5.92 Å². The Morgan fingerprint density at radius 2 is 1.82 bits per heavy atom. The Bertz CT molecular complexity index is 1040. The summed E-state index contributed by atoms with van der Waals surface area (Å²) in [7, 11) is 0. The van der Waals surface area contributed by atoms with E-state index < -0.39 is 18.0 Å². The summed E-state index contributed by atoms with van der Waals surface area (Å²) in [4.78, 5) is 39.7. The second-order valence-corrected chi connectivity index (χ2v) is 8.46. The molecule has 1 heterocycles. The molecule has 1 unspecified atom stereocenters. The van der Waals surface area contributed by atoms with Crippen LogP contribution in [0.2, 0.25) is 0 Å². The van der Waals surface area contributed by atoms with Gasteiger partial charge in [-0.15, -0.1) is 0 Å². The maximum atomic E-state index is 12.9. The van der Waals surface area contributed by atoms with Crippen LogP contribution >= 0.6 is 0 Å². The summed E-state index contributed by atoms with van der Waals surface area (Å²) in [6.45, 7) is 3.97. The van der Waals surface area contributed by atoms with Gasteiger partial charge in [-0.05, 0) is 56.5 Å². The molecule has 0 aliphatic carbocycles. The number of piperidine rings is 1. The summed E-state index contributed by atoms with van der Waals surface area (Å²) in [6, 6.07) is 13.7. The van der Waals surface area contributed by atoms with Crippen molar-refractivity contribution in [1.82, 2.24) is 9.80 Å². The topological polar surface area (TPSA) is 69.7 Å². The van der Waals surface area contributed by atoms with Crippen LogP contribution in [0.5, 0.6) is 0 Å². The molecule has 3 rings (SSSR count). The molecule has 0 aromatic heterocycles. The van der Waals surface area contributed by atoms with E-state index in [4.69, 9.17) is 0 Å². The van der Waals surface area contributed by atoms with E-state index in [0.29, 0.717) is 47.6 Å². The number of carbonyl (C=O) groups is 3. The maximum Gasteiger partial charge on any atom is 0.471 e. The highest BCUT2D eigenvalue weighted by molar-refractivity contribution is 5.96. The second kappa shape index (κ2) is 10.7. The third-order valence-corrected chi connectivity index (χ3v) is 5.86. The van der Waals surface area contributed by atoms with Crippen molar-refractivity contribution in [3.63, 3.8) is 0 Å². The lowest BCUT2D eigenvalue weighted by Gasteiger charge is -2.32. The van der Waals surface area contributed by atoms with Crippen molar-refractivity contribution < 1.29 is 27.6 Å². The molecule has 0 spiro atoms. The number of nitrogens with one attached hydrogen (secondary N) is 1. The molecule has 0 bridgehead atoms. The molecule has 1 aliphatic heterocycles. The fourth-order valence-corrected chi connectivity index (χ4v) is 3.97. The van der Waals surface area contributed by atoms with Gasteiger partial charge in [0.2, 0.25) is 5.91 Å². The number of carbonyl (C=O) groups excluding carboxylic acids is 3. The number of benzene rings is 2. The number of rotatable bonds is 6. The van der Waals surface area contributed by atoms with Crippen LogP contribution in [0.3, 0.4) is 0 Å². The monoisotopic (exact) mass is 475 g/mol. The van der Waals surface area contributed by atoms with Crippen LogP contribution in [-0.2, 0) is 16.1 Å². The molecule has 2 aromatic carbocycles. The molecular formula is C25H28F3N3O3. The molecule has 6 nitrogen and oxygen atoms in total. The number of aryl methyl sites for hydroxylation is 1. The SMILES string of the molecule is CCN(Cc1cccc(NC(=O)C2CCCN(C(=O)c3ccc(C)cc3)C2)c1)C(=O)C(F)(F)F. The third kappa shape index (κ3) is 6.36. The van der Waals surface area contributed by atoms with Gasteiger partial charge in [0.15, 0.2) is 0 Å². The lowest BCUT2D eigenvalue weighted by atomic mass is 9.96. The second-order valence-electron chi connectivity index (χ2n) is 8.46. The van der Waals surface area contributed by atoms with Crippen molar-refractivity contribution >= 4 is 23.4 Å². The summed E-state index contributed by atoms with van der Waals surface area (Å²) in [5.74, 6) is -2.67. The molecule has 182 valence electrons. The number of hydrogen-bond donors (Lipinski definition) is 1. The summed E-state index contributed by atoms with van der Waals surface area (Å²) < 4.78 is 38.4. The molecule has 2 aromatic rings. The maximum absolute atomic E-state index is 12.9. The van der Waals surface area contributed by atoms with Crippen molar-refractivity contribution in [3.8, 4) is 0 Å². The van der Waals surface area contributed by atoms with Gasteiger partial charge < -0.3 is 15.1 Å². The molecule has 1 aliphatic rings. The van der Waals surface area contributed by atoms with Crippen LogP contribution in [0.15, 0.2) is 48.5 Å². The normalized spacial score (nSPS) is 16.1. The van der Waals surface area contributed by atoms with E-state index in [1.165, 1.54) is 6.92 Å². The Labute approximate surface area is 196 Å². The number of anilines is 1. The minimum absolute atomic E-state index is 0.0954. The largest absolute Gasteiger partial charge is 0.471 e. The number of halogens is 3. The zero-order valence-electron chi connectivity index (χ0n) is 19.2. The van der Waals surface area contributed by atoms with Crippen molar-refractivity contribution in [1.29, 1.82) is 0 Å². The Morgan fingerprint density at radius 1 is 1.12 bits per heavy atom. The number of likely N-dealkylation sites (tertiary alicyclic amines) is 1. The van der Waals surface area contributed by atoms with Crippen LogP contribution in [0, 0.1) is 12.8 Å². The average molecular weight is 476 g/mol. The van der Waals surface area contributed by atoms with Gasteiger partial charge in [0.1, 0.15) is 0 Å². The highest BCUT2D eigenvalue weighted by atomic mass is 19.4. The van der Waals surface area contributed by atoms with E-state index in [2.05, 4.69) is 5.32 Å². The van der Waals surface area contributed by atoms with E-state index in [9.17, 15) is 27.6 Å². The van der Waals surface area contributed by atoms with E-state index in [1.807, 2.05) is 19.1 Å². The van der Waals surface area contributed by atoms with Gasteiger partial charge in [0, 0.05) is 37.4 Å². The average Bonchev–Trinajstić information content (AvgIpc) is 2.82. The quantitative estimate of drug-likeness (QED) is 0.674. The Hall–Kier alpha value is -3.36. The zero-order chi connectivity index (χ0) is 24.9. The first-order chi connectivity index (χ1) is 16.1. The predicted octanol–water partition coefficient (Wildman–Crippen LogP) is 4.40. The number of nitrogens with zero attached hydrogens (tertiary/aromatic N) is 2. The van der Waals surface area contributed by atoms with Gasteiger partial charge in [-0.2, -0.15) is 13.2 Å². The van der Waals surface area contributed by atoms with Gasteiger partial charge in [-0.25, -0.2) is 0 Å². The molecule has 1 saturated heterocycles. The third-order valence-electron chi connectivity index (χ3n) is 5.86. The number of alkyl halides is 3. The van der Waals surface area contributed by atoms with E-state index >= 15 is 0 Å². The summed E-state index contributed by atoms with van der Waals surface area (Å²) in [6.07, 6.45) is -3.61. The first-order valence-corrected chi connectivity index (χ1v) is 11.2. The Kier molecular flexibility index (Phi) is 7.96. The Balaban J connectivity index is 1.63. The van der Waals surface area contributed by atoms with Gasteiger partial charge in [-0.1, -0.05) is 29.8 Å². The van der Waals surface area contributed by atoms with Crippen molar-refractivity contribution in [2.45, 2.75) is 39.4 Å². The van der Waals surface area contributed by atoms with Crippen molar-refractivity contribution in [2.75, 3.05) is 25.0 Å². The molecule has 34 heavy (non-hydrogen) atoms. The molecule has 1 fully saturated rings. The molecule has 0 saturated carbocycles. The first kappa shape index (κ1) is 25.3. The molecule has 0 radical (unpaired) electrons. The van der Waals surface area contributed by atoms with Crippen LogP contribution in [0.1, 0.15) is 41.3 Å². The zero-order valence-corrected chi connectivity index (χ0v) is 19.2. The van der Waals surface area contributed by atoms with Crippen LogP contribution < -0.4 is 5.32 Å². The van der Waals surface area contributed by atoms with Gasteiger partial charge in [0.05, 0.1) is 5.92 Å². The van der Waals surface area contributed by atoms with Crippen LogP contribution in [-0.4, -0.2) is 53.3 Å². The summed E-state index contributed by atoms with van der Waals surface area (Å²) in [5, 5.41) is 2.81. The Morgan fingerprint density at radius 3 is 2.47 bits per heavy atom. The van der Waals surface area contributed by atoms with E-state index in [1.54, 1.807) is 41.3 Å². The van der Waals surface area contributed by atoms with Crippen LogP contribution in [0.25, 0.3) is 0 Å². The van der Waals surface area contributed by atoms with E-state index in [0.717, 1.165) is 5.56 Å². The van der Waals surface area contributed by atoms with Gasteiger partial charge >= 0.3 is 12.1 Å². The summed E-state index contributed by atoms with van der Waals surface area (Å²) in [5.41, 5.74) is 2.53. The fourth-order valence-electron chi connectivity index (χ4n) is 3.97. The minimum Gasteiger partial charge on any atom is -0.338 e. The molecule has 1 N–H and O–H groups in total. The lowest BCUT2D eigenvalue weighted by Crippen LogP contribution is -2.43. The molecule has 3 amide bonds. The number of hydrogen-bond acceptors (Lipinski definition) is 3. The highest BCUT2D eigenvalue weighted by Gasteiger charge is 2.42. The molecule has 1 atom stereocenters. The lowest BCUT2D eigenvalue weighted by molar-refractivity contribution is -0.185. The molecular weight excluding hydrogens is 447 g/mol. The minimum atomic E-state index is -4.94. The predicted molar refractivity (Wildman–Crippen MR) is 122 cm³/mol.